The Balaban J connectivity index is 1.88. The van der Waals surface area contributed by atoms with Crippen LogP contribution < -0.4 is 0 Å². The van der Waals surface area contributed by atoms with Gasteiger partial charge in [0.05, 0.1) is 18.1 Å². The maximum absolute atomic E-state index is 11.6. The minimum atomic E-state index is -0.202. The van der Waals surface area contributed by atoms with Crippen molar-refractivity contribution in [3.63, 3.8) is 0 Å². The van der Waals surface area contributed by atoms with Crippen LogP contribution in [0, 0.1) is 11.8 Å². The highest BCUT2D eigenvalue weighted by atomic mass is 16.7. The predicted octanol–water partition coefficient (Wildman–Crippen LogP) is 1.11. The van der Waals surface area contributed by atoms with Crippen LogP contribution in [0.15, 0.2) is 12.2 Å². The molecule has 0 amide bonds. The monoisotopic (exact) mass is 212 g/mol. The molecule has 4 heteroatoms. The standard InChI is InChI=1S/C11H16O4/c1-7(11(12)14-6-13-2)9-5-8-3-4-10(9)15-8/h3-4,7-10H,5-6H2,1-2H3. The molecule has 0 aromatic rings. The SMILES string of the molecule is COCOC(=O)C(C)C1CC2C=CC1O2. The van der Waals surface area contributed by atoms with E-state index in [-0.39, 0.29) is 36.8 Å². The highest BCUT2D eigenvalue weighted by molar-refractivity contribution is 5.72. The molecule has 2 aliphatic rings. The number of carbonyl (C=O) groups is 1. The van der Waals surface area contributed by atoms with Crippen LogP contribution in [0.1, 0.15) is 13.3 Å². The minimum Gasteiger partial charge on any atom is -0.438 e. The van der Waals surface area contributed by atoms with E-state index in [0.29, 0.717) is 0 Å². The molecule has 0 aromatic carbocycles. The molecule has 0 saturated carbocycles. The van der Waals surface area contributed by atoms with E-state index in [9.17, 15) is 4.79 Å². The van der Waals surface area contributed by atoms with E-state index in [1.54, 1.807) is 0 Å². The Kier molecular flexibility index (Phi) is 3.07. The summed E-state index contributed by atoms with van der Waals surface area (Å²) in [5, 5.41) is 0. The van der Waals surface area contributed by atoms with Crippen LogP contribution in [0.2, 0.25) is 0 Å². The Morgan fingerprint density at radius 1 is 1.60 bits per heavy atom. The number of rotatable bonds is 4. The molecule has 15 heavy (non-hydrogen) atoms. The zero-order chi connectivity index (χ0) is 10.8. The third-order valence-corrected chi connectivity index (χ3v) is 3.11. The Morgan fingerprint density at radius 2 is 2.40 bits per heavy atom. The molecule has 0 aromatic heterocycles. The average Bonchev–Trinajstić information content (AvgIpc) is 2.86. The van der Waals surface area contributed by atoms with Crippen LogP contribution in [0.4, 0.5) is 0 Å². The van der Waals surface area contributed by atoms with Gasteiger partial charge in [-0.1, -0.05) is 19.1 Å². The Labute approximate surface area is 89.2 Å². The zero-order valence-corrected chi connectivity index (χ0v) is 9.01. The van der Waals surface area contributed by atoms with E-state index in [1.807, 2.05) is 13.0 Å². The number of hydrogen-bond donors (Lipinski definition) is 0. The number of carbonyl (C=O) groups excluding carboxylic acids is 1. The summed E-state index contributed by atoms with van der Waals surface area (Å²) in [5.41, 5.74) is 0. The summed E-state index contributed by atoms with van der Waals surface area (Å²) in [6.07, 6.45) is 5.33. The van der Waals surface area contributed by atoms with Crippen molar-refractivity contribution in [3.8, 4) is 0 Å². The van der Waals surface area contributed by atoms with Crippen molar-refractivity contribution >= 4 is 5.97 Å². The van der Waals surface area contributed by atoms with Gasteiger partial charge in [-0.2, -0.15) is 0 Å². The summed E-state index contributed by atoms with van der Waals surface area (Å²) < 4.78 is 15.2. The van der Waals surface area contributed by atoms with Gasteiger partial charge in [0.2, 0.25) is 0 Å². The predicted molar refractivity (Wildman–Crippen MR) is 53.0 cm³/mol. The van der Waals surface area contributed by atoms with Crippen molar-refractivity contribution in [2.24, 2.45) is 11.8 Å². The molecule has 84 valence electrons. The molecule has 2 rings (SSSR count). The van der Waals surface area contributed by atoms with E-state index in [4.69, 9.17) is 14.2 Å². The molecule has 4 unspecified atom stereocenters. The molecule has 4 nitrogen and oxygen atoms in total. The summed E-state index contributed by atoms with van der Waals surface area (Å²) in [7, 11) is 1.50. The lowest BCUT2D eigenvalue weighted by Gasteiger charge is -2.21. The summed E-state index contributed by atoms with van der Waals surface area (Å²) >= 11 is 0. The molecule has 0 spiro atoms. The molecule has 0 aliphatic carbocycles. The first-order valence-corrected chi connectivity index (χ1v) is 5.21. The first-order chi connectivity index (χ1) is 7.22. The van der Waals surface area contributed by atoms with E-state index >= 15 is 0 Å². The van der Waals surface area contributed by atoms with Gasteiger partial charge in [0.25, 0.3) is 0 Å². The van der Waals surface area contributed by atoms with Crippen LogP contribution >= 0.6 is 0 Å². The van der Waals surface area contributed by atoms with E-state index in [2.05, 4.69) is 6.08 Å². The normalized spacial score (nSPS) is 34.4. The summed E-state index contributed by atoms with van der Waals surface area (Å²) in [6, 6.07) is 0. The Morgan fingerprint density at radius 3 is 2.93 bits per heavy atom. The molecular weight excluding hydrogens is 196 g/mol. The molecule has 2 bridgehead atoms. The number of fused-ring (bicyclic) bond motifs is 2. The van der Waals surface area contributed by atoms with Gasteiger partial charge in [0, 0.05) is 13.0 Å². The summed E-state index contributed by atoms with van der Waals surface area (Å²) in [5.74, 6) is -0.0733. The van der Waals surface area contributed by atoms with E-state index < -0.39 is 0 Å². The second-order valence-electron chi connectivity index (χ2n) is 4.08. The maximum Gasteiger partial charge on any atom is 0.311 e. The first kappa shape index (κ1) is 10.6. The van der Waals surface area contributed by atoms with Crippen molar-refractivity contribution in [1.29, 1.82) is 0 Å². The third-order valence-electron chi connectivity index (χ3n) is 3.11. The zero-order valence-electron chi connectivity index (χ0n) is 9.01. The lowest BCUT2D eigenvalue weighted by atomic mass is 9.84. The fraction of sp³-hybridized carbons (Fsp3) is 0.727. The van der Waals surface area contributed by atoms with Gasteiger partial charge in [-0.3, -0.25) is 4.79 Å². The molecule has 2 heterocycles. The largest absolute Gasteiger partial charge is 0.438 e. The van der Waals surface area contributed by atoms with Gasteiger partial charge >= 0.3 is 5.97 Å². The van der Waals surface area contributed by atoms with Gasteiger partial charge < -0.3 is 14.2 Å². The summed E-state index contributed by atoms with van der Waals surface area (Å²) in [6.45, 7) is 1.92. The number of ether oxygens (including phenoxy) is 3. The smallest absolute Gasteiger partial charge is 0.311 e. The summed E-state index contributed by atoms with van der Waals surface area (Å²) in [4.78, 5) is 11.6. The van der Waals surface area contributed by atoms with Gasteiger partial charge in [0.1, 0.15) is 0 Å². The van der Waals surface area contributed by atoms with Crippen LogP contribution in [-0.4, -0.2) is 32.1 Å². The molecule has 2 aliphatic heterocycles. The molecule has 0 N–H and O–H groups in total. The number of hydrogen-bond acceptors (Lipinski definition) is 4. The third kappa shape index (κ3) is 2.06. The number of esters is 1. The fourth-order valence-corrected chi connectivity index (χ4v) is 2.22. The van der Waals surface area contributed by atoms with Crippen molar-refractivity contribution in [3.05, 3.63) is 12.2 Å². The Bertz CT molecular complexity index is 274. The lowest BCUT2D eigenvalue weighted by Crippen LogP contribution is -2.29. The van der Waals surface area contributed by atoms with E-state index in [0.717, 1.165) is 6.42 Å². The van der Waals surface area contributed by atoms with Crippen molar-refractivity contribution < 1.29 is 19.0 Å². The van der Waals surface area contributed by atoms with Gasteiger partial charge in [-0.05, 0) is 6.42 Å². The highest BCUT2D eigenvalue weighted by Crippen LogP contribution is 2.38. The lowest BCUT2D eigenvalue weighted by molar-refractivity contribution is -0.160. The molecule has 4 atom stereocenters. The van der Waals surface area contributed by atoms with Crippen LogP contribution in [0.5, 0.6) is 0 Å². The molecule has 1 fully saturated rings. The van der Waals surface area contributed by atoms with E-state index in [1.165, 1.54) is 7.11 Å². The van der Waals surface area contributed by atoms with Crippen molar-refractivity contribution in [1.82, 2.24) is 0 Å². The van der Waals surface area contributed by atoms with Crippen molar-refractivity contribution in [2.75, 3.05) is 13.9 Å². The second kappa shape index (κ2) is 4.33. The van der Waals surface area contributed by atoms with Crippen LogP contribution in [0.3, 0.4) is 0 Å². The van der Waals surface area contributed by atoms with Crippen LogP contribution in [-0.2, 0) is 19.0 Å². The minimum absolute atomic E-state index is 0.0285. The number of methoxy groups -OCH3 is 1. The topological polar surface area (TPSA) is 44.8 Å². The van der Waals surface area contributed by atoms with Gasteiger partial charge in [-0.15, -0.1) is 0 Å². The molecular formula is C11H16O4. The van der Waals surface area contributed by atoms with Gasteiger partial charge in [0.15, 0.2) is 6.79 Å². The fourth-order valence-electron chi connectivity index (χ4n) is 2.22. The maximum atomic E-state index is 11.6. The molecule has 0 radical (unpaired) electrons. The molecule has 1 saturated heterocycles. The van der Waals surface area contributed by atoms with Gasteiger partial charge in [-0.25, -0.2) is 0 Å². The first-order valence-electron chi connectivity index (χ1n) is 5.21. The van der Waals surface area contributed by atoms with Crippen molar-refractivity contribution in [2.45, 2.75) is 25.6 Å². The quantitative estimate of drug-likeness (QED) is 0.398. The second-order valence-corrected chi connectivity index (χ2v) is 4.08. The highest BCUT2D eigenvalue weighted by Gasteiger charge is 2.42. The Hall–Kier alpha value is -0.870. The van der Waals surface area contributed by atoms with Crippen LogP contribution in [0.25, 0.3) is 0 Å². The average molecular weight is 212 g/mol.